The average molecular weight is 605 g/mol. The molecule has 1 aliphatic rings. The maximum Gasteiger partial charge on any atom is 0.407 e. The number of halogens is 2. The number of nitrogens with zero attached hydrogens (tertiary/aromatic N) is 6. The second-order valence-electron chi connectivity index (χ2n) is 11.5. The van der Waals surface area contributed by atoms with Crippen molar-refractivity contribution in [3.63, 3.8) is 0 Å². The predicted molar refractivity (Wildman–Crippen MR) is 168 cm³/mol. The number of hydrogen-bond acceptors (Lipinski definition) is 6. The predicted octanol–water partition coefficient (Wildman–Crippen LogP) is 6.68. The summed E-state index contributed by atoms with van der Waals surface area (Å²) in [4.78, 5) is 43.5. The third kappa shape index (κ3) is 5.35. The van der Waals surface area contributed by atoms with E-state index in [4.69, 9.17) is 21.6 Å². The van der Waals surface area contributed by atoms with Crippen LogP contribution in [0.3, 0.4) is 0 Å². The van der Waals surface area contributed by atoms with Crippen LogP contribution in [0, 0.1) is 12.7 Å². The van der Waals surface area contributed by atoms with Gasteiger partial charge in [0.25, 0.3) is 0 Å². The fourth-order valence-corrected chi connectivity index (χ4v) is 5.91. The summed E-state index contributed by atoms with van der Waals surface area (Å²) < 4.78 is 16.5. The molecule has 0 saturated carbocycles. The lowest BCUT2D eigenvalue weighted by molar-refractivity contribution is 0.114. The molecule has 3 aromatic heterocycles. The van der Waals surface area contributed by atoms with Gasteiger partial charge >= 0.3 is 11.8 Å². The lowest BCUT2D eigenvalue weighted by Gasteiger charge is -2.43. The number of aryl methyl sites for hydroxylation is 1. The zero-order valence-corrected chi connectivity index (χ0v) is 25.8. The maximum atomic E-state index is 15.0. The Balaban J connectivity index is 1.87. The molecule has 0 spiro atoms. The zero-order chi connectivity index (χ0) is 31.3. The lowest BCUT2D eigenvalue weighted by Crippen LogP contribution is -2.58. The third-order valence-corrected chi connectivity index (χ3v) is 8.14. The number of amides is 1. The van der Waals surface area contributed by atoms with Gasteiger partial charge < -0.3 is 14.9 Å². The first-order chi connectivity index (χ1) is 20.3. The Bertz CT molecular complexity index is 1840. The number of carboxylic acid groups (broad SMARTS) is 1. The number of aromatic nitrogens is 4. The molecule has 4 aromatic rings. The second-order valence-corrected chi connectivity index (χ2v) is 11.9. The molecule has 2 unspecified atom stereocenters. The van der Waals surface area contributed by atoms with Crippen LogP contribution in [0.5, 0.6) is 0 Å². The number of benzene rings is 1. The first kappa shape index (κ1) is 30.2. The van der Waals surface area contributed by atoms with Crippen molar-refractivity contribution in [1.82, 2.24) is 24.4 Å². The largest absolute Gasteiger partial charge is 0.465 e. The minimum absolute atomic E-state index is 0.0714. The molecule has 1 aromatic carbocycles. The summed E-state index contributed by atoms with van der Waals surface area (Å²) in [5, 5.41) is 10.3. The van der Waals surface area contributed by atoms with Gasteiger partial charge in [-0.25, -0.2) is 23.5 Å². The standard InChI is InChI=1S/C32H34ClFN6O3/c1-16(2)25-12-18(5)28(26(35-25)17(3)4)40-30-22(13-23(33)27(36-30)21-10-8-9-11-24(21)34)29(37-31(40)41)38-14-20(7)39(32(42)43)15-19(38)6/h8-13,17,19-20H,1,14-15H2,2-7H3,(H,42,43). The molecule has 1 fully saturated rings. The van der Waals surface area contributed by atoms with E-state index >= 15 is 4.39 Å². The van der Waals surface area contributed by atoms with Crippen LogP contribution in [0.25, 0.3) is 33.6 Å². The molecule has 0 aliphatic carbocycles. The molecular weight excluding hydrogens is 571 g/mol. The van der Waals surface area contributed by atoms with Gasteiger partial charge in [0, 0.05) is 30.7 Å². The van der Waals surface area contributed by atoms with Crippen molar-refractivity contribution < 1.29 is 14.3 Å². The van der Waals surface area contributed by atoms with E-state index in [0.717, 1.165) is 11.1 Å². The van der Waals surface area contributed by atoms with E-state index in [0.29, 0.717) is 34.8 Å². The molecule has 224 valence electrons. The molecular formula is C32H34ClFN6O3. The maximum absolute atomic E-state index is 15.0. The molecule has 11 heteroatoms. The van der Waals surface area contributed by atoms with Gasteiger partial charge in [-0.05, 0) is 69.0 Å². The van der Waals surface area contributed by atoms with E-state index in [1.165, 1.54) is 15.5 Å². The summed E-state index contributed by atoms with van der Waals surface area (Å²) in [5.41, 5.74) is 3.52. The lowest BCUT2D eigenvalue weighted by atomic mass is 10.0. The molecule has 1 saturated heterocycles. The van der Waals surface area contributed by atoms with Crippen molar-refractivity contribution in [3.8, 4) is 16.9 Å². The van der Waals surface area contributed by atoms with Gasteiger partial charge in [-0.1, -0.05) is 44.2 Å². The molecule has 4 heterocycles. The van der Waals surface area contributed by atoms with Gasteiger partial charge in [0.2, 0.25) is 0 Å². The third-order valence-electron chi connectivity index (χ3n) is 7.85. The summed E-state index contributed by atoms with van der Waals surface area (Å²) in [6.45, 7) is 16.0. The molecule has 1 amide bonds. The van der Waals surface area contributed by atoms with Gasteiger partial charge in [-0.2, -0.15) is 4.98 Å². The van der Waals surface area contributed by atoms with Crippen LogP contribution < -0.4 is 10.6 Å². The summed E-state index contributed by atoms with van der Waals surface area (Å²) in [6.07, 6.45) is -1.01. The Morgan fingerprint density at radius 3 is 2.44 bits per heavy atom. The Morgan fingerprint density at radius 2 is 1.81 bits per heavy atom. The van der Waals surface area contributed by atoms with Gasteiger partial charge in [0.1, 0.15) is 11.6 Å². The number of hydrogen-bond donors (Lipinski definition) is 1. The highest BCUT2D eigenvalue weighted by Gasteiger charge is 2.35. The van der Waals surface area contributed by atoms with Gasteiger partial charge in [-0.3, -0.25) is 4.98 Å². The molecule has 1 aliphatic heterocycles. The summed E-state index contributed by atoms with van der Waals surface area (Å²) in [6, 6.07) is 9.06. The Kier molecular flexibility index (Phi) is 8.00. The number of carbonyl (C=O) groups is 1. The van der Waals surface area contributed by atoms with Crippen LogP contribution in [-0.4, -0.2) is 60.8 Å². The summed E-state index contributed by atoms with van der Waals surface area (Å²) in [5.74, 6) is -0.235. The zero-order valence-electron chi connectivity index (χ0n) is 25.0. The van der Waals surface area contributed by atoms with E-state index in [-0.39, 0.29) is 46.5 Å². The number of pyridine rings is 2. The number of allylic oxidation sites excluding steroid dienone is 1. The van der Waals surface area contributed by atoms with Crippen molar-refractivity contribution >= 4 is 40.1 Å². The minimum Gasteiger partial charge on any atom is -0.465 e. The van der Waals surface area contributed by atoms with Gasteiger partial charge in [0.15, 0.2) is 5.65 Å². The highest BCUT2D eigenvalue weighted by Crippen LogP contribution is 2.37. The van der Waals surface area contributed by atoms with E-state index in [1.54, 1.807) is 24.3 Å². The van der Waals surface area contributed by atoms with E-state index in [1.807, 2.05) is 52.5 Å². The fourth-order valence-electron chi connectivity index (χ4n) is 5.66. The average Bonchev–Trinajstić information content (AvgIpc) is 2.94. The van der Waals surface area contributed by atoms with Crippen molar-refractivity contribution in [2.45, 2.75) is 59.5 Å². The second kappa shape index (κ2) is 11.4. The van der Waals surface area contributed by atoms with Gasteiger partial charge in [0.05, 0.1) is 33.2 Å². The molecule has 1 N–H and O–H groups in total. The normalized spacial score (nSPS) is 17.1. The SMILES string of the molecule is C=C(C)c1cc(C)c(-n2c(=O)nc(N3CC(C)N(C(=O)O)CC3C)c3cc(Cl)c(-c4ccccc4F)nc32)c(C(C)C)n1. The minimum atomic E-state index is -1.01. The Labute approximate surface area is 254 Å². The fraction of sp³-hybridized carbons (Fsp3) is 0.344. The first-order valence-corrected chi connectivity index (χ1v) is 14.5. The van der Waals surface area contributed by atoms with Gasteiger partial charge in [-0.15, -0.1) is 0 Å². The van der Waals surface area contributed by atoms with Crippen molar-refractivity contribution in [3.05, 3.63) is 81.3 Å². The van der Waals surface area contributed by atoms with Crippen LogP contribution >= 0.6 is 11.6 Å². The smallest absolute Gasteiger partial charge is 0.407 e. The van der Waals surface area contributed by atoms with Crippen molar-refractivity contribution in [1.29, 1.82) is 0 Å². The molecule has 5 rings (SSSR count). The molecule has 0 radical (unpaired) electrons. The Morgan fingerprint density at radius 1 is 1.12 bits per heavy atom. The quantitative estimate of drug-likeness (QED) is 0.271. The highest BCUT2D eigenvalue weighted by atomic mass is 35.5. The van der Waals surface area contributed by atoms with Crippen molar-refractivity contribution in [2.75, 3.05) is 18.0 Å². The number of piperazine rings is 1. The molecule has 2 atom stereocenters. The summed E-state index contributed by atoms with van der Waals surface area (Å²) >= 11 is 6.79. The van der Waals surface area contributed by atoms with E-state index in [9.17, 15) is 14.7 Å². The number of rotatable bonds is 5. The number of anilines is 1. The van der Waals surface area contributed by atoms with Crippen LogP contribution in [0.15, 0.2) is 47.8 Å². The topological polar surface area (TPSA) is 104 Å². The monoisotopic (exact) mass is 604 g/mol. The van der Waals surface area contributed by atoms with Crippen LogP contribution in [0.1, 0.15) is 57.5 Å². The van der Waals surface area contributed by atoms with E-state index in [2.05, 4.69) is 11.6 Å². The Hall–Kier alpha value is -4.31. The van der Waals surface area contributed by atoms with Crippen molar-refractivity contribution in [2.24, 2.45) is 0 Å². The highest BCUT2D eigenvalue weighted by molar-refractivity contribution is 6.33. The number of fused-ring (bicyclic) bond motifs is 1. The molecule has 9 nitrogen and oxygen atoms in total. The molecule has 43 heavy (non-hydrogen) atoms. The van der Waals surface area contributed by atoms with Crippen LogP contribution in [0.2, 0.25) is 5.02 Å². The van der Waals surface area contributed by atoms with Crippen LogP contribution in [0.4, 0.5) is 15.0 Å². The first-order valence-electron chi connectivity index (χ1n) is 14.1. The molecule has 0 bridgehead atoms. The van der Waals surface area contributed by atoms with E-state index < -0.39 is 17.6 Å². The van der Waals surface area contributed by atoms with Crippen LogP contribution in [-0.2, 0) is 0 Å². The summed E-state index contributed by atoms with van der Waals surface area (Å²) in [7, 11) is 0.